The largest absolute Gasteiger partial charge is 0.239 e. The van der Waals surface area contributed by atoms with Crippen LogP contribution >= 0.6 is 22.7 Å². The molecule has 0 atom stereocenters. The van der Waals surface area contributed by atoms with Crippen molar-refractivity contribution in [3.05, 3.63) is 28.1 Å². The zero-order chi connectivity index (χ0) is 11.8. The molecule has 2 aromatic heterocycles. The minimum Gasteiger partial charge on any atom is -0.239 e. The lowest BCUT2D eigenvalue weighted by Crippen LogP contribution is -2.14. The molecule has 0 fully saturated rings. The summed E-state index contributed by atoms with van der Waals surface area (Å²) in [5, 5.41) is 14.1. The summed E-state index contributed by atoms with van der Waals surface area (Å²) in [6.07, 6.45) is 0. The summed E-state index contributed by atoms with van der Waals surface area (Å²) in [6, 6.07) is 4.37. The number of thiazole rings is 1. The average molecular weight is 248 g/mol. The van der Waals surface area contributed by atoms with Gasteiger partial charge in [0, 0.05) is 5.38 Å². The van der Waals surface area contributed by atoms with Crippen LogP contribution in [0.1, 0.15) is 25.1 Å². The van der Waals surface area contributed by atoms with E-state index in [1.54, 1.807) is 22.7 Å². The lowest BCUT2D eigenvalue weighted by Gasteiger charge is -2.10. The number of rotatable bonds is 2. The molecule has 2 nitrogen and oxygen atoms in total. The van der Waals surface area contributed by atoms with E-state index in [4.69, 9.17) is 5.26 Å². The molecule has 0 spiro atoms. The van der Waals surface area contributed by atoms with Crippen LogP contribution in [0.3, 0.4) is 0 Å². The van der Waals surface area contributed by atoms with Gasteiger partial charge in [0.25, 0.3) is 0 Å². The number of nitriles is 1. The highest BCUT2D eigenvalue weighted by Gasteiger charge is 2.23. The highest BCUT2D eigenvalue weighted by atomic mass is 32.1. The SMILES string of the molecule is Cc1ccsc1-c1nc(C(C)(C)C#N)cs1. The highest BCUT2D eigenvalue weighted by Crippen LogP contribution is 2.34. The van der Waals surface area contributed by atoms with Crippen LogP contribution in [0.5, 0.6) is 0 Å². The Bertz CT molecular complexity index is 543. The molecular weight excluding hydrogens is 236 g/mol. The van der Waals surface area contributed by atoms with Gasteiger partial charge in [-0.3, -0.25) is 0 Å². The van der Waals surface area contributed by atoms with Gasteiger partial charge in [0.15, 0.2) is 0 Å². The zero-order valence-electron chi connectivity index (χ0n) is 9.44. The van der Waals surface area contributed by atoms with Crippen molar-refractivity contribution in [1.82, 2.24) is 4.98 Å². The van der Waals surface area contributed by atoms with E-state index < -0.39 is 5.41 Å². The normalized spacial score (nSPS) is 11.4. The third-order valence-electron chi connectivity index (χ3n) is 2.48. The van der Waals surface area contributed by atoms with Gasteiger partial charge in [-0.2, -0.15) is 5.26 Å². The monoisotopic (exact) mass is 248 g/mol. The second-order valence-corrected chi connectivity index (χ2v) is 5.98. The molecule has 0 aliphatic heterocycles. The summed E-state index contributed by atoms with van der Waals surface area (Å²) in [4.78, 5) is 5.78. The first-order chi connectivity index (χ1) is 7.54. The maximum atomic E-state index is 9.06. The Morgan fingerprint density at radius 3 is 2.69 bits per heavy atom. The van der Waals surface area contributed by atoms with Crippen molar-refractivity contribution >= 4 is 22.7 Å². The van der Waals surface area contributed by atoms with E-state index in [1.807, 2.05) is 19.2 Å². The molecule has 2 rings (SSSR count). The molecule has 0 bridgehead atoms. The molecule has 0 saturated heterocycles. The van der Waals surface area contributed by atoms with Crippen LogP contribution in [-0.4, -0.2) is 4.98 Å². The molecule has 82 valence electrons. The smallest absolute Gasteiger partial charge is 0.133 e. The Labute approximate surface area is 103 Å². The van der Waals surface area contributed by atoms with E-state index in [0.717, 1.165) is 10.7 Å². The van der Waals surface area contributed by atoms with E-state index in [0.29, 0.717) is 0 Å². The average Bonchev–Trinajstić information content (AvgIpc) is 2.85. The van der Waals surface area contributed by atoms with Gasteiger partial charge in [0.1, 0.15) is 5.01 Å². The summed E-state index contributed by atoms with van der Waals surface area (Å²) < 4.78 is 0. The lowest BCUT2D eigenvalue weighted by atomic mass is 9.92. The molecule has 0 aromatic carbocycles. The zero-order valence-corrected chi connectivity index (χ0v) is 11.1. The van der Waals surface area contributed by atoms with Crippen LogP contribution in [0.4, 0.5) is 0 Å². The molecule has 2 heterocycles. The van der Waals surface area contributed by atoms with Crippen LogP contribution in [0.25, 0.3) is 9.88 Å². The predicted molar refractivity (Wildman–Crippen MR) is 68.8 cm³/mol. The third-order valence-corrected chi connectivity index (χ3v) is 4.49. The summed E-state index contributed by atoms with van der Waals surface area (Å²) in [5.41, 5.74) is 1.61. The number of aromatic nitrogens is 1. The fourth-order valence-electron chi connectivity index (χ4n) is 1.31. The van der Waals surface area contributed by atoms with Gasteiger partial charge < -0.3 is 0 Å². The first-order valence-corrected chi connectivity index (χ1v) is 6.72. The third kappa shape index (κ3) is 1.89. The van der Waals surface area contributed by atoms with Crippen molar-refractivity contribution in [2.75, 3.05) is 0 Å². The van der Waals surface area contributed by atoms with Gasteiger partial charge in [-0.25, -0.2) is 4.98 Å². The fraction of sp³-hybridized carbons (Fsp3) is 0.333. The van der Waals surface area contributed by atoms with E-state index in [2.05, 4.69) is 29.4 Å². The van der Waals surface area contributed by atoms with E-state index >= 15 is 0 Å². The van der Waals surface area contributed by atoms with Gasteiger partial charge in [0.05, 0.1) is 22.1 Å². The molecule has 0 aliphatic rings. The molecule has 0 unspecified atom stereocenters. The van der Waals surface area contributed by atoms with E-state index in [1.165, 1.54) is 10.4 Å². The number of aryl methyl sites for hydroxylation is 1. The quantitative estimate of drug-likeness (QED) is 0.806. The second-order valence-electron chi connectivity index (χ2n) is 4.21. The molecular formula is C12H12N2S2. The summed E-state index contributed by atoms with van der Waals surface area (Å²) in [7, 11) is 0. The molecule has 0 N–H and O–H groups in total. The number of thiophene rings is 1. The number of nitrogens with zero attached hydrogens (tertiary/aromatic N) is 2. The van der Waals surface area contributed by atoms with Crippen LogP contribution in [0.15, 0.2) is 16.8 Å². The van der Waals surface area contributed by atoms with Crippen molar-refractivity contribution < 1.29 is 0 Å². The standard InChI is InChI=1S/C12H12N2S2/c1-8-4-5-15-10(8)11-14-9(6-16-11)12(2,3)7-13/h4-6H,1-3H3. The van der Waals surface area contributed by atoms with Gasteiger partial charge in [-0.05, 0) is 37.8 Å². The second kappa shape index (κ2) is 4.00. The number of hydrogen-bond donors (Lipinski definition) is 0. The fourth-order valence-corrected chi connectivity index (χ4v) is 3.40. The molecule has 0 radical (unpaired) electrons. The minimum atomic E-state index is -0.500. The Morgan fingerprint density at radius 2 is 2.12 bits per heavy atom. The molecule has 0 saturated carbocycles. The topological polar surface area (TPSA) is 36.7 Å². The molecule has 16 heavy (non-hydrogen) atoms. The van der Waals surface area contributed by atoms with Crippen LogP contribution < -0.4 is 0 Å². The van der Waals surface area contributed by atoms with Crippen LogP contribution in [-0.2, 0) is 5.41 Å². The summed E-state index contributed by atoms with van der Waals surface area (Å²) in [6.45, 7) is 5.88. The summed E-state index contributed by atoms with van der Waals surface area (Å²) in [5.74, 6) is 0. The van der Waals surface area contributed by atoms with Crippen LogP contribution in [0.2, 0.25) is 0 Å². The van der Waals surface area contributed by atoms with Crippen molar-refractivity contribution in [3.8, 4) is 16.0 Å². The lowest BCUT2D eigenvalue weighted by molar-refractivity contribution is 0.666. The van der Waals surface area contributed by atoms with Crippen LogP contribution in [0, 0.1) is 18.3 Å². The first-order valence-electron chi connectivity index (χ1n) is 4.96. The number of hydrogen-bond acceptors (Lipinski definition) is 4. The Hall–Kier alpha value is -1.18. The highest BCUT2D eigenvalue weighted by molar-refractivity contribution is 7.20. The molecule has 0 amide bonds. The Morgan fingerprint density at radius 1 is 1.38 bits per heavy atom. The molecule has 0 aliphatic carbocycles. The Kier molecular flexibility index (Phi) is 2.83. The maximum absolute atomic E-state index is 9.06. The van der Waals surface area contributed by atoms with Gasteiger partial charge in [-0.15, -0.1) is 22.7 Å². The first kappa shape index (κ1) is 11.3. The summed E-state index contributed by atoms with van der Waals surface area (Å²) >= 11 is 3.31. The van der Waals surface area contributed by atoms with Gasteiger partial charge in [-0.1, -0.05) is 0 Å². The van der Waals surface area contributed by atoms with Gasteiger partial charge >= 0.3 is 0 Å². The van der Waals surface area contributed by atoms with E-state index in [9.17, 15) is 0 Å². The van der Waals surface area contributed by atoms with E-state index in [-0.39, 0.29) is 0 Å². The van der Waals surface area contributed by atoms with Crippen molar-refractivity contribution in [2.45, 2.75) is 26.2 Å². The van der Waals surface area contributed by atoms with Crippen molar-refractivity contribution in [2.24, 2.45) is 0 Å². The molecule has 2 aromatic rings. The Balaban J connectivity index is 2.42. The maximum Gasteiger partial charge on any atom is 0.133 e. The molecule has 4 heteroatoms. The predicted octanol–water partition coefficient (Wildman–Crippen LogP) is 3.98. The minimum absolute atomic E-state index is 0.500. The van der Waals surface area contributed by atoms with Crippen molar-refractivity contribution in [1.29, 1.82) is 5.26 Å². The van der Waals surface area contributed by atoms with Crippen molar-refractivity contribution in [3.63, 3.8) is 0 Å². The van der Waals surface area contributed by atoms with Gasteiger partial charge in [0.2, 0.25) is 0 Å².